The third-order valence-corrected chi connectivity index (χ3v) is 5.10. The second kappa shape index (κ2) is 7.79. The van der Waals surface area contributed by atoms with Gasteiger partial charge in [0.2, 0.25) is 0 Å². The number of ether oxygens (including phenoxy) is 2. The monoisotopic (exact) mass is 355 g/mol. The van der Waals surface area contributed by atoms with Gasteiger partial charge in [-0.1, -0.05) is 24.3 Å². The standard InChI is InChI=1S/C21H25NO4/c1-14-9-15(7-8-20(14)26-3)11-22-12-18(19(13-22)21(23)24)16-5-4-6-17(10-16)25-2/h4-10,18-19H,11-13H2,1-3H3,(H,23,24)/t18-,19+/m1/s1. The van der Waals surface area contributed by atoms with Crippen LogP contribution in [0.1, 0.15) is 22.6 Å². The highest BCUT2D eigenvalue weighted by Crippen LogP contribution is 2.35. The molecule has 1 heterocycles. The largest absolute Gasteiger partial charge is 0.497 e. The molecule has 138 valence electrons. The van der Waals surface area contributed by atoms with Gasteiger partial charge in [-0.2, -0.15) is 0 Å². The first-order valence-corrected chi connectivity index (χ1v) is 8.74. The Labute approximate surface area is 154 Å². The minimum Gasteiger partial charge on any atom is -0.497 e. The summed E-state index contributed by atoms with van der Waals surface area (Å²) in [5.74, 6) is 0.429. The van der Waals surface area contributed by atoms with Crippen LogP contribution < -0.4 is 9.47 Å². The van der Waals surface area contributed by atoms with Gasteiger partial charge in [-0.05, 0) is 41.8 Å². The van der Waals surface area contributed by atoms with Crippen LogP contribution in [0.5, 0.6) is 11.5 Å². The van der Waals surface area contributed by atoms with Gasteiger partial charge in [0.25, 0.3) is 0 Å². The van der Waals surface area contributed by atoms with E-state index in [0.717, 1.165) is 35.7 Å². The lowest BCUT2D eigenvalue weighted by Crippen LogP contribution is -2.23. The molecule has 0 saturated carbocycles. The molecule has 0 bridgehead atoms. The molecule has 0 amide bonds. The topological polar surface area (TPSA) is 59.0 Å². The summed E-state index contributed by atoms with van der Waals surface area (Å²) < 4.78 is 10.6. The molecule has 5 nitrogen and oxygen atoms in total. The van der Waals surface area contributed by atoms with Gasteiger partial charge in [0.1, 0.15) is 11.5 Å². The van der Waals surface area contributed by atoms with E-state index in [2.05, 4.69) is 11.0 Å². The molecule has 2 aromatic rings. The molecule has 1 aliphatic rings. The Hall–Kier alpha value is -2.53. The average molecular weight is 355 g/mol. The van der Waals surface area contributed by atoms with Crippen molar-refractivity contribution in [1.82, 2.24) is 4.90 Å². The molecule has 26 heavy (non-hydrogen) atoms. The van der Waals surface area contributed by atoms with Gasteiger partial charge in [-0.25, -0.2) is 0 Å². The van der Waals surface area contributed by atoms with Crippen molar-refractivity contribution < 1.29 is 19.4 Å². The Balaban J connectivity index is 1.78. The van der Waals surface area contributed by atoms with Crippen LogP contribution in [0, 0.1) is 12.8 Å². The summed E-state index contributed by atoms with van der Waals surface area (Å²) in [4.78, 5) is 14.0. The second-order valence-corrected chi connectivity index (χ2v) is 6.83. The van der Waals surface area contributed by atoms with Crippen LogP contribution in [-0.4, -0.2) is 43.3 Å². The van der Waals surface area contributed by atoms with Crippen LogP contribution in [-0.2, 0) is 11.3 Å². The van der Waals surface area contributed by atoms with Gasteiger partial charge in [0.05, 0.1) is 20.1 Å². The first kappa shape index (κ1) is 18.3. The number of benzene rings is 2. The van der Waals surface area contributed by atoms with Gasteiger partial charge in [0.15, 0.2) is 0 Å². The van der Waals surface area contributed by atoms with Gasteiger partial charge in [-0.15, -0.1) is 0 Å². The molecule has 1 fully saturated rings. The summed E-state index contributed by atoms with van der Waals surface area (Å²) in [5, 5.41) is 9.69. The molecule has 0 radical (unpaired) electrons. The molecule has 1 aliphatic heterocycles. The number of aliphatic carboxylic acids is 1. The first-order chi connectivity index (χ1) is 12.5. The van der Waals surface area contributed by atoms with Crippen molar-refractivity contribution in [2.24, 2.45) is 5.92 Å². The lowest BCUT2D eigenvalue weighted by atomic mass is 9.89. The van der Waals surface area contributed by atoms with Crippen molar-refractivity contribution in [3.8, 4) is 11.5 Å². The minimum atomic E-state index is -0.744. The van der Waals surface area contributed by atoms with Gasteiger partial charge in [-0.3, -0.25) is 9.69 Å². The molecular weight excluding hydrogens is 330 g/mol. The molecule has 5 heteroatoms. The van der Waals surface area contributed by atoms with Crippen LogP contribution in [0.4, 0.5) is 0 Å². The van der Waals surface area contributed by atoms with Crippen LogP contribution in [0.25, 0.3) is 0 Å². The number of hydrogen-bond donors (Lipinski definition) is 1. The fourth-order valence-electron chi connectivity index (χ4n) is 3.77. The molecule has 2 aromatic carbocycles. The third kappa shape index (κ3) is 3.83. The quantitative estimate of drug-likeness (QED) is 0.861. The van der Waals surface area contributed by atoms with E-state index in [1.165, 1.54) is 5.56 Å². The Morgan fingerprint density at radius 2 is 1.96 bits per heavy atom. The third-order valence-electron chi connectivity index (χ3n) is 5.10. The smallest absolute Gasteiger partial charge is 0.308 e. The predicted octanol–water partition coefficient (Wildman–Crippen LogP) is 3.31. The summed E-state index contributed by atoms with van der Waals surface area (Å²) in [7, 11) is 3.29. The summed E-state index contributed by atoms with van der Waals surface area (Å²) >= 11 is 0. The van der Waals surface area contributed by atoms with Crippen molar-refractivity contribution in [1.29, 1.82) is 0 Å². The summed E-state index contributed by atoms with van der Waals surface area (Å²) in [6.07, 6.45) is 0. The maximum atomic E-state index is 11.8. The molecule has 1 saturated heterocycles. The van der Waals surface area contributed by atoms with E-state index in [9.17, 15) is 9.90 Å². The summed E-state index contributed by atoms with van der Waals surface area (Å²) in [6.45, 7) is 4.01. The predicted molar refractivity (Wildman–Crippen MR) is 99.9 cm³/mol. The van der Waals surface area contributed by atoms with E-state index in [4.69, 9.17) is 9.47 Å². The zero-order chi connectivity index (χ0) is 18.7. The summed E-state index contributed by atoms with van der Waals surface area (Å²) in [5.41, 5.74) is 3.27. The number of rotatable bonds is 6. The minimum absolute atomic E-state index is 0.0399. The van der Waals surface area contributed by atoms with E-state index >= 15 is 0 Å². The number of hydrogen-bond acceptors (Lipinski definition) is 4. The number of likely N-dealkylation sites (tertiary alicyclic amines) is 1. The first-order valence-electron chi connectivity index (χ1n) is 8.74. The Kier molecular flexibility index (Phi) is 5.47. The molecule has 0 aliphatic carbocycles. The Morgan fingerprint density at radius 1 is 1.15 bits per heavy atom. The molecule has 0 aromatic heterocycles. The van der Waals surface area contributed by atoms with Crippen molar-refractivity contribution in [2.45, 2.75) is 19.4 Å². The van der Waals surface area contributed by atoms with E-state index < -0.39 is 11.9 Å². The Bertz CT molecular complexity index is 789. The number of carboxylic acid groups (broad SMARTS) is 1. The normalized spacial score (nSPS) is 20.1. The highest BCUT2D eigenvalue weighted by atomic mass is 16.5. The van der Waals surface area contributed by atoms with Gasteiger partial charge in [0, 0.05) is 25.6 Å². The van der Waals surface area contributed by atoms with E-state index in [-0.39, 0.29) is 5.92 Å². The number of aryl methyl sites for hydroxylation is 1. The van der Waals surface area contributed by atoms with Gasteiger partial charge < -0.3 is 14.6 Å². The zero-order valence-corrected chi connectivity index (χ0v) is 15.4. The fraction of sp³-hybridized carbons (Fsp3) is 0.381. The van der Waals surface area contributed by atoms with Gasteiger partial charge >= 0.3 is 5.97 Å². The highest BCUT2D eigenvalue weighted by molar-refractivity contribution is 5.72. The zero-order valence-electron chi connectivity index (χ0n) is 15.4. The lowest BCUT2D eigenvalue weighted by Gasteiger charge is -2.17. The van der Waals surface area contributed by atoms with Crippen LogP contribution in [0.15, 0.2) is 42.5 Å². The molecule has 2 atom stereocenters. The average Bonchev–Trinajstić information content (AvgIpc) is 3.06. The molecule has 3 rings (SSSR count). The molecule has 0 unspecified atom stereocenters. The Morgan fingerprint density at radius 3 is 2.62 bits per heavy atom. The number of carbonyl (C=O) groups is 1. The number of carboxylic acids is 1. The van der Waals surface area contributed by atoms with E-state index in [1.807, 2.05) is 43.3 Å². The maximum Gasteiger partial charge on any atom is 0.308 e. The number of nitrogens with zero attached hydrogens (tertiary/aromatic N) is 1. The van der Waals surface area contributed by atoms with Crippen LogP contribution >= 0.6 is 0 Å². The maximum absolute atomic E-state index is 11.8. The molecular formula is C21H25NO4. The van der Waals surface area contributed by atoms with Crippen molar-refractivity contribution in [3.63, 3.8) is 0 Å². The SMILES string of the molecule is COc1cccc([C@H]2CN(Cc3ccc(OC)c(C)c3)C[C@@H]2C(=O)O)c1. The summed E-state index contributed by atoms with van der Waals surface area (Å²) in [6, 6.07) is 13.9. The van der Waals surface area contributed by atoms with Crippen molar-refractivity contribution in [2.75, 3.05) is 27.3 Å². The van der Waals surface area contributed by atoms with Crippen LogP contribution in [0.3, 0.4) is 0 Å². The van der Waals surface area contributed by atoms with E-state index in [1.54, 1.807) is 14.2 Å². The molecule has 1 N–H and O–H groups in total. The number of methoxy groups -OCH3 is 2. The van der Waals surface area contributed by atoms with Crippen LogP contribution in [0.2, 0.25) is 0 Å². The van der Waals surface area contributed by atoms with Crippen molar-refractivity contribution in [3.05, 3.63) is 59.2 Å². The second-order valence-electron chi connectivity index (χ2n) is 6.83. The fourth-order valence-corrected chi connectivity index (χ4v) is 3.77. The van der Waals surface area contributed by atoms with Crippen molar-refractivity contribution >= 4 is 5.97 Å². The molecule has 0 spiro atoms. The highest BCUT2D eigenvalue weighted by Gasteiger charge is 2.38. The van der Waals surface area contributed by atoms with E-state index in [0.29, 0.717) is 6.54 Å². The lowest BCUT2D eigenvalue weighted by molar-refractivity contribution is -0.141.